The number of benzene rings is 4. The summed E-state index contributed by atoms with van der Waals surface area (Å²) in [6.45, 7) is 2.40. The van der Waals surface area contributed by atoms with Crippen molar-refractivity contribution in [1.29, 1.82) is 0 Å². The average Bonchev–Trinajstić information content (AvgIpc) is 2.83. The van der Waals surface area contributed by atoms with E-state index in [0.29, 0.717) is 34.3 Å². The molecule has 0 aromatic heterocycles. The van der Waals surface area contributed by atoms with E-state index < -0.39 is 0 Å². The molecule has 0 saturated heterocycles. The fourth-order valence-corrected chi connectivity index (χ4v) is 3.72. The van der Waals surface area contributed by atoms with Gasteiger partial charge >= 0.3 is 0 Å². The molecular weight excluding hydrogens is 436 g/mol. The molecule has 166 valence electrons. The van der Waals surface area contributed by atoms with Gasteiger partial charge in [-0.1, -0.05) is 77.8 Å². The number of carbonyl (C=O) groups is 1. The fourth-order valence-electron chi connectivity index (χ4n) is 3.44. The lowest BCUT2D eigenvalue weighted by Crippen LogP contribution is -2.17. The molecule has 0 aliphatic heterocycles. The van der Waals surface area contributed by atoms with Crippen LogP contribution in [0.4, 0.5) is 0 Å². The lowest BCUT2D eigenvalue weighted by molar-refractivity contribution is 0.0957. The maximum atomic E-state index is 12.6. The monoisotopic (exact) mass is 458 g/mol. The molecule has 0 bridgehead atoms. The van der Waals surface area contributed by atoms with Gasteiger partial charge in [0.1, 0.15) is 6.61 Å². The predicted octanol–water partition coefficient (Wildman–Crippen LogP) is 6.15. The first-order valence-electron chi connectivity index (χ1n) is 10.4. The number of nitrogens with zero attached hydrogens (tertiary/aromatic N) is 1. The SMILES string of the molecule is COc1cc(/C=N\NC(=O)c2cccc3ccccc23)cc(Cl)c1OCc1ccc(C)cc1. The number of halogens is 1. The molecule has 0 aliphatic carbocycles. The number of fused-ring (bicyclic) bond motifs is 1. The Hall–Kier alpha value is -3.83. The quantitative estimate of drug-likeness (QED) is 0.267. The van der Waals surface area contributed by atoms with Gasteiger partial charge in [-0.05, 0) is 47.0 Å². The molecule has 1 N–H and O–H groups in total. The van der Waals surface area contributed by atoms with Gasteiger partial charge in [-0.3, -0.25) is 4.79 Å². The number of amides is 1. The van der Waals surface area contributed by atoms with Crippen LogP contribution in [0.3, 0.4) is 0 Å². The molecule has 33 heavy (non-hydrogen) atoms. The number of rotatable bonds is 7. The van der Waals surface area contributed by atoms with Crippen molar-refractivity contribution in [2.45, 2.75) is 13.5 Å². The predicted molar refractivity (Wildman–Crippen MR) is 133 cm³/mol. The van der Waals surface area contributed by atoms with Gasteiger partial charge in [0.05, 0.1) is 18.3 Å². The van der Waals surface area contributed by atoms with Crippen LogP contribution in [0.2, 0.25) is 5.02 Å². The van der Waals surface area contributed by atoms with Gasteiger partial charge in [0, 0.05) is 5.56 Å². The molecule has 5 nitrogen and oxygen atoms in total. The van der Waals surface area contributed by atoms with Gasteiger partial charge < -0.3 is 9.47 Å². The van der Waals surface area contributed by atoms with Crippen molar-refractivity contribution >= 4 is 34.5 Å². The molecule has 0 saturated carbocycles. The maximum Gasteiger partial charge on any atom is 0.271 e. The van der Waals surface area contributed by atoms with E-state index in [-0.39, 0.29) is 5.91 Å². The largest absolute Gasteiger partial charge is 0.493 e. The Morgan fingerprint density at radius 3 is 2.58 bits per heavy atom. The van der Waals surface area contributed by atoms with Crippen LogP contribution in [0.15, 0.2) is 84.0 Å². The van der Waals surface area contributed by atoms with Crippen molar-refractivity contribution in [2.24, 2.45) is 5.10 Å². The van der Waals surface area contributed by atoms with Crippen LogP contribution >= 0.6 is 11.6 Å². The number of hydrazone groups is 1. The number of ether oxygens (including phenoxy) is 2. The lowest BCUT2D eigenvalue weighted by Gasteiger charge is -2.13. The molecule has 0 heterocycles. The highest BCUT2D eigenvalue weighted by Gasteiger charge is 2.13. The summed E-state index contributed by atoms with van der Waals surface area (Å²) in [6.07, 6.45) is 1.52. The third kappa shape index (κ3) is 5.33. The van der Waals surface area contributed by atoms with E-state index in [9.17, 15) is 4.79 Å². The number of hydrogen-bond donors (Lipinski definition) is 1. The zero-order chi connectivity index (χ0) is 23.2. The van der Waals surface area contributed by atoms with Crippen molar-refractivity contribution in [3.8, 4) is 11.5 Å². The van der Waals surface area contributed by atoms with Gasteiger partial charge in [-0.2, -0.15) is 5.10 Å². The minimum Gasteiger partial charge on any atom is -0.493 e. The molecule has 0 spiro atoms. The number of methoxy groups -OCH3 is 1. The molecule has 4 rings (SSSR count). The number of aryl methyl sites for hydroxylation is 1. The first-order chi connectivity index (χ1) is 16.0. The third-order valence-electron chi connectivity index (χ3n) is 5.17. The van der Waals surface area contributed by atoms with Crippen LogP contribution in [0, 0.1) is 6.92 Å². The summed E-state index contributed by atoms with van der Waals surface area (Å²) in [5, 5.41) is 6.35. The van der Waals surface area contributed by atoms with E-state index >= 15 is 0 Å². The van der Waals surface area contributed by atoms with E-state index in [1.54, 1.807) is 25.3 Å². The average molecular weight is 459 g/mol. The topological polar surface area (TPSA) is 59.9 Å². The first kappa shape index (κ1) is 22.4. The van der Waals surface area contributed by atoms with E-state index in [1.165, 1.54) is 11.8 Å². The molecule has 0 radical (unpaired) electrons. The zero-order valence-corrected chi connectivity index (χ0v) is 19.1. The molecule has 0 aliphatic rings. The van der Waals surface area contributed by atoms with Crippen molar-refractivity contribution in [1.82, 2.24) is 5.43 Å². The lowest BCUT2D eigenvalue weighted by atomic mass is 10.0. The standard InChI is InChI=1S/C27H23ClN2O3/c1-18-10-12-19(13-11-18)17-33-26-24(28)14-20(15-25(26)32-2)16-29-30-27(31)23-9-5-7-21-6-3-4-8-22(21)23/h3-16H,17H2,1-2H3,(H,30,31)/b29-16-. The van der Waals surface area contributed by atoms with Crippen molar-refractivity contribution in [3.63, 3.8) is 0 Å². The highest BCUT2D eigenvalue weighted by atomic mass is 35.5. The van der Waals surface area contributed by atoms with Gasteiger partial charge in [0.25, 0.3) is 5.91 Å². The number of nitrogens with one attached hydrogen (secondary N) is 1. The molecule has 0 atom stereocenters. The van der Waals surface area contributed by atoms with Crippen LogP contribution < -0.4 is 14.9 Å². The van der Waals surface area contributed by atoms with Crippen LogP contribution in [0.5, 0.6) is 11.5 Å². The fraction of sp³-hybridized carbons (Fsp3) is 0.111. The van der Waals surface area contributed by atoms with Crippen LogP contribution in [-0.4, -0.2) is 19.2 Å². The van der Waals surface area contributed by atoms with Crippen LogP contribution in [0.1, 0.15) is 27.0 Å². The zero-order valence-electron chi connectivity index (χ0n) is 18.3. The van der Waals surface area contributed by atoms with Gasteiger partial charge in [0.15, 0.2) is 11.5 Å². The number of carbonyl (C=O) groups excluding carboxylic acids is 1. The molecule has 1 amide bonds. The van der Waals surface area contributed by atoms with Crippen LogP contribution in [-0.2, 0) is 6.61 Å². The Bertz CT molecular complexity index is 1310. The second-order valence-corrected chi connectivity index (χ2v) is 7.94. The third-order valence-corrected chi connectivity index (χ3v) is 5.45. The van der Waals surface area contributed by atoms with E-state index in [2.05, 4.69) is 10.5 Å². The van der Waals surface area contributed by atoms with Crippen molar-refractivity contribution in [3.05, 3.63) is 106 Å². The summed E-state index contributed by atoms with van der Waals surface area (Å²) in [7, 11) is 1.55. The molecule has 4 aromatic carbocycles. The molecule has 0 fully saturated rings. The number of hydrogen-bond acceptors (Lipinski definition) is 4. The Morgan fingerprint density at radius 1 is 1.03 bits per heavy atom. The molecule has 0 unspecified atom stereocenters. The minimum atomic E-state index is -0.292. The Labute approximate surface area is 197 Å². The van der Waals surface area contributed by atoms with Gasteiger partial charge in [-0.15, -0.1) is 0 Å². The summed E-state index contributed by atoms with van der Waals surface area (Å²) in [5.74, 6) is 0.646. The van der Waals surface area contributed by atoms with Gasteiger partial charge in [0.2, 0.25) is 0 Å². The second kappa shape index (κ2) is 10.2. The molecule has 4 aromatic rings. The molecule has 6 heteroatoms. The van der Waals surface area contributed by atoms with E-state index in [0.717, 1.165) is 16.3 Å². The van der Waals surface area contributed by atoms with Gasteiger partial charge in [-0.25, -0.2) is 5.43 Å². The summed E-state index contributed by atoms with van der Waals surface area (Å²) in [6, 6.07) is 24.8. The summed E-state index contributed by atoms with van der Waals surface area (Å²) in [5.41, 5.74) is 6.01. The van der Waals surface area contributed by atoms with Crippen molar-refractivity contribution in [2.75, 3.05) is 7.11 Å². The van der Waals surface area contributed by atoms with E-state index in [1.807, 2.05) is 67.6 Å². The second-order valence-electron chi connectivity index (χ2n) is 7.53. The first-order valence-corrected chi connectivity index (χ1v) is 10.8. The minimum absolute atomic E-state index is 0.292. The Morgan fingerprint density at radius 2 is 1.79 bits per heavy atom. The Kier molecular flexibility index (Phi) is 6.91. The van der Waals surface area contributed by atoms with E-state index in [4.69, 9.17) is 21.1 Å². The summed E-state index contributed by atoms with van der Waals surface area (Å²) in [4.78, 5) is 12.6. The highest BCUT2D eigenvalue weighted by molar-refractivity contribution is 6.32. The van der Waals surface area contributed by atoms with Crippen molar-refractivity contribution < 1.29 is 14.3 Å². The maximum absolute atomic E-state index is 12.6. The summed E-state index contributed by atoms with van der Waals surface area (Å²) >= 11 is 6.45. The normalized spacial score (nSPS) is 11.0. The highest BCUT2D eigenvalue weighted by Crippen LogP contribution is 2.36. The smallest absolute Gasteiger partial charge is 0.271 e. The molecular formula is C27H23ClN2O3. The summed E-state index contributed by atoms with van der Waals surface area (Å²) < 4.78 is 11.4. The Balaban J connectivity index is 1.47. The van der Waals surface area contributed by atoms with Crippen LogP contribution in [0.25, 0.3) is 10.8 Å².